The van der Waals surface area contributed by atoms with Crippen LogP contribution in [0.15, 0.2) is 28.8 Å². The lowest BCUT2D eigenvalue weighted by atomic mass is 10.0. The van der Waals surface area contributed by atoms with Crippen LogP contribution in [0.2, 0.25) is 0 Å². The molecule has 0 aromatic carbocycles. The Bertz CT molecular complexity index is 634. The van der Waals surface area contributed by atoms with Gasteiger partial charge in [0.05, 0.1) is 30.0 Å². The number of amides is 3. The third-order valence-corrected chi connectivity index (χ3v) is 5.23. The normalized spacial score (nSPS) is 27.9. The highest BCUT2D eigenvalue weighted by Gasteiger charge is 2.41. The van der Waals surface area contributed by atoms with Crippen molar-refractivity contribution >= 4 is 23.3 Å². The number of hydrogen-bond acceptors (Lipinski definition) is 4. The van der Waals surface area contributed by atoms with Crippen LogP contribution < -0.4 is 10.6 Å². The molecular weight excluding hydrogens is 302 g/mol. The molecule has 22 heavy (non-hydrogen) atoms. The standard InChI is InChI=1S/C15H17N3O3S/c19-14-12-10(8-18(14)7-9-3-1-5-21-9)16-15(20)17-13(12)11-4-2-6-22-11/h2,4,6,9,13H,1,3,5,7-8H2,(H2,16,17,20). The van der Waals surface area contributed by atoms with Gasteiger partial charge in [-0.1, -0.05) is 6.07 Å². The maximum absolute atomic E-state index is 12.8. The summed E-state index contributed by atoms with van der Waals surface area (Å²) in [5, 5.41) is 7.60. The summed E-state index contributed by atoms with van der Waals surface area (Å²) in [5.41, 5.74) is 1.39. The van der Waals surface area contributed by atoms with Crippen LogP contribution in [0, 0.1) is 0 Å². The Morgan fingerprint density at radius 2 is 2.32 bits per heavy atom. The molecule has 3 aliphatic heterocycles. The van der Waals surface area contributed by atoms with Crippen LogP contribution in [0.3, 0.4) is 0 Å². The second-order valence-electron chi connectivity index (χ2n) is 5.76. The number of carbonyl (C=O) groups is 2. The van der Waals surface area contributed by atoms with Crippen molar-refractivity contribution in [2.24, 2.45) is 0 Å². The average Bonchev–Trinajstić information content (AvgIpc) is 3.22. The molecule has 7 heteroatoms. The Balaban J connectivity index is 1.58. The van der Waals surface area contributed by atoms with Crippen LogP contribution in [0.1, 0.15) is 23.8 Å². The van der Waals surface area contributed by atoms with Gasteiger partial charge in [0, 0.05) is 18.0 Å². The summed E-state index contributed by atoms with van der Waals surface area (Å²) in [6.45, 7) is 1.83. The minimum Gasteiger partial charge on any atom is -0.376 e. The fourth-order valence-electron chi connectivity index (χ4n) is 3.28. The van der Waals surface area contributed by atoms with Crippen LogP contribution in [-0.4, -0.2) is 42.6 Å². The van der Waals surface area contributed by atoms with E-state index in [2.05, 4.69) is 10.6 Å². The molecule has 1 saturated heterocycles. The van der Waals surface area contributed by atoms with Crippen LogP contribution >= 0.6 is 11.3 Å². The van der Waals surface area contributed by atoms with Gasteiger partial charge >= 0.3 is 6.03 Å². The second-order valence-corrected chi connectivity index (χ2v) is 6.74. The monoisotopic (exact) mass is 319 g/mol. The molecule has 3 amide bonds. The maximum Gasteiger partial charge on any atom is 0.319 e. The lowest BCUT2D eigenvalue weighted by Gasteiger charge is -2.24. The summed E-state index contributed by atoms with van der Waals surface area (Å²) in [4.78, 5) is 27.4. The van der Waals surface area contributed by atoms with Crippen molar-refractivity contribution in [1.82, 2.24) is 15.5 Å². The number of nitrogens with zero attached hydrogens (tertiary/aromatic N) is 1. The van der Waals surface area contributed by atoms with Crippen molar-refractivity contribution in [2.75, 3.05) is 19.7 Å². The van der Waals surface area contributed by atoms with Gasteiger partial charge in [0.1, 0.15) is 0 Å². The average molecular weight is 319 g/mol. The Hall–Kier alpha value is -1.86. The van der Waals surface area contributed by atoms with Crippen molar-refractivity contribution in [3.8, 4) is 0 Å². The SMILES string of the molecule is O=C1NC2=C(C(=O)N(CC3CCCO3)C2)C(c2cccs2)N1. The van der Waals surface area contributed by atoms with E-state index in [4.69, 9.17) is 4.74 Å². The molecule has 2 unspecified atom stereocenters. The number of thiophene rings is 1. The van der Waals surface area contributed by atoms with Crippen LogP contribution in [-0.2, 0) is 9.53 Å². The molecule has 0 bridgehead atoms. The van der Waals surface area contributed by atoms with E-state index in [0.717, 1.165) is 30.0 Å². The predicted octanol–water partition coefficient (Wildman–Crippen LogP) is 1.38. The van der Waals surface area contributed by atoms with E-state index in [1.165, 1.54) is 0 Å². The van der Waals surface area contributed by atoms with E-state index >= 15 is 0 Å². The van der Waals surface area contributed by atoms with Crippen molar-refractivity contribution in [3.05, 3.63) is 33.7 Å². The van der Waals surface area contributed by atoms with E-state index in [0.29, 0.717) is 18.7 Å². The molecule has 0 aliphatic carbocycles. The van der Waals surface area contributed by atoms with Gasteiger partial charge in [-0.2, -0.15) is 0 Å². The molecule has 1 aromatic heterocycles. The molecule has 1 aromatic rings. The largest absolute Gasteiger partial charge is 0.376 e. The first-order chi connectivity index (χ1) is 10.7. The molecule has 0 radical (unpaired) electrons. The van der Waals surface area contributed by atoms with Gasteiger partial charge in [-0.3, -0.25) is 4.79 Å². The fourth-order valence-corrected chi connectivity index (χ4v) is 4.06. The highest BCUT2D eigenvalue weighted by atomic mass is 32.1. The van der Waals surface area contributed by atoms with Crippen LogP contribution in [0.25, 0.3) is 0 Å². The zero-order valence-electron chi connectivity index (χ0n) is 12.0. The molecule has 0 saturated carbocycles. The topological polar surface area (TPSA) is 70.7 Å². The van der Waals surface area contributed by atoms with E-state index in [9.17, 15) is 9.59 Å². The van der Waals surface area contributed by atoms with Gasteiger partial charge in [0.2, 0.25) is 0 Å². The number of rotatable bonds is 3. The smallest absolute Gasteiger partial charge is 0.319 e. The highest BCUT2D eigenvalue weighted by molar-refractivity contribution is 7.10. The molecule has 6 nitrogen and oxygen atoms in total. The molecule has 4 heterocycles. The Morgan fingerprint density at radius 1 is 1.41 bits per heavy atom. The summed E-state index contributed by atoms with van der Waals surface area (Å²) >= 11 is 1.54. The van der Waals surface area contributed by atoms with Crippen LogP contribution in [0.4, 0.5) is 4.79 Å². The molecule has 3 aliphatic rings. The lowest BCUT2D eigenvalue weighted by Crippen LogP contribution is -2.44. The van der Waals surface area contributed by atoms with Crippen molar-refractivity contribution in [3.63, 3.8) is 0 Å². The quantitative estimate of drug-likeness (QED) is 0.884. The van der Waals surface area contributed by atoms with Crippen molar-refractivity contribution in [2.45, 2.75) is 25.0 Å². The third-order valence-electron chi connectivity index (χ3n) is 4.30. The molecule has 1 fully saturated rings. The van der Waals surface area contributed by atoms with E-state index in [-0.39, 0.29) is 24.1 Å². The first-order valence-corrected chi connectivity index (χ1v) is 8.35. The summed E-state index contributed by atoms with van der Waals surface area (Å²) in [5.74, 6) is -0.00333. The van der Waals surface area contributed by atoms with E-state index < -0.39 is 0 Å². The third kappa shape index (κ3) is 2.30. The minimum absolute atomic E-state index is 0.00333. The zero-order chi connectivity index (χ0) is 15.1. The Kier molecular flexibility index (Phi) is 3.38. The molecular formula is C15H17N3O3S. The van der Waals surface area contributed by atoms with Crippen molar-refractivity contribution in [1.29, 1.82) is 0 Å². The minimum atomic E-state index is -0.342. The van der Waals surface area contributed by atoms with Gasteiger partial charge in [-0.25, -0.2) is 4.79 Å². The van der Waals surface area contributed by atoms with Gasteiger partial charge in [-0.15, -0.1) is 11.3 Å². The Morgan fingerprint density at radius 3 is 3.05 bits per heavy atom. The number of ether oxygens (including phenoxy) is 1. The summed E-state index contributed by atoms with van der Waals surface area (Å²) in [6.07, 6.45) is 2.16. The summed E-state index contributed by atoms with van der Waals surface area (Å²) in [7, 11) is 0. The van der Waals surface area contributed by atoms with Crippen molar-refractivity contribution < 1.29 is 14.3 Å². The first kappa shape index (κ1) is 13.8. The first-order valence-electron chi connectivity index (χ1n) is 7.47. The molecule has 2 atom stereocenters. The van der Waals surface area contributed by atoms with Gasteiger partial charge in [0.15, 0.2) is 0 Å². The summed E-state index contributed by atoms with van der Waals surface area (Å²) in [6, 6.07) is 3.29. The second kappa shape index (κ2) is 5.40. The zero-order valence-corrected chi connectivity index (χ0v) is 12.8. The number of carbonyl (C=O) groups excluding carboxylic acids is 2. The number of nitrogens with one attached hydrogen (secondary N) is 2. The Labute approximate surface area is 132 Å². The van der Waals surface area contributed by atoms with E-state index in [1.807, 2.05) is 17.5 Å². The molecule has 116 valence electrons. The maximum atomic E-state index is 12.8. The number of urea groups is 1. The molecule has 0 spiro atoms. The van der Waals surface area contributed by atoms with E-state index in [1.54, 1.807) is 16.2 Å². The lowest BCUT2D eigenvalue weighted by molar-refractivity contribution is -0.127. The number of hydrogen-bond donors (Lipinski definition) is 2. The molecule has 4 rings (SSSR count). The summed E-state index contributed by atoms with van der Waals surface area (Å²) < 4.78 is 5.62. The van der Waals surface area contributed by atoms with Crippen LogP contribution in [0.5, 0.6) is 0 Å². The fraction of sp³-hybridized carbons (Fsp3) is 0.467. The predicted molar refractivity (Wildman–Crippen MR) is 81.3 cm³/mol. The highest BCUT2D eigenvalue weighted by Crippen LogP contribution is 2.34. The van der Waals surface area contributed by atoms with Gasteiger partial charge < -0.3 is 20.3 Å². The van der Waals surface area contributed by atoms with Gasteiger partial charge in [0.25, 0.3) is 5.91 Å². The van der Waals surface area contributed by atoms with Gasteiger partial charge in [-0.05, 0) is 24.3 Å². The molecule has 2 N–H and O–H groups in total.